The monoisotopic (exact) mass is 365 g/mol. The van der Waals surface area contributed by atoms with Gasteiger partial charge in [0.2, 0.25) is 0 Å². The van der Waals surface area contributed by atoms with Crippen molar-refractivity contribution in [1.29, 1.82) is 0 Å². The highest BCUT2D eigenvalue weighted by Crippen LogP contribution is 2.20. The molecule has 1 aromatic heterocycles. The smallest absolute Gasteiger partial charge is 0.326 e. The standard InChI is InChI=1S/C19H15N3O5/c23-18(14-9-12-5-1-3-7-15(12)20-11-14)21-16(19(24)25)10-13-6-2-4-8-17(13)22(26)27/h1-9,11,16H,10H2,(H,21,23)(H,24,25)/t16-/m1/s1. The first-order valence-electron chi connectivity index (χ1n) is 8.06. The summed E-state index contributed by atoms with van der Waals surface area (Å²) in [5.74, 6) is -1.89. The summed E-state index contributed by atoms with van der Waals surface area (Å²) in [6.07, 6.45) is 1.15. The van der Waals surface area contributed by atoms with Gasteiger partial charge in [-0.3, -0.25) is 19.9 Å². The molecule has 0 aliphatic carbocycles. The van der Waals surface area contributed by atoms with Crippen molar-refractivity contribution in [1.82, 2.24) is 10.3 Å². The molecular formula is C19H15N3O5. The Morgan fingerprint density at radius 2 is 1.85 bits per heavy atom. The SMILES string of the molecule is O=C(N[C@H](Cc1ccccc1[N+](=O)[O-])C(=O)O)c1cnc2ccccc2c1. The molecule has 2 aromatic carbocycles. The number of para-hydroxylation sites is 2. The van der Waals surface area contributed by atoms with E-state index in [1.807, 2.05) is 6.07 Å². The normalized spacial score (nSPS) is 11.7. The first-order valence-corrected chi connectivity index (χ1v) is 8.06. The number of amides is 1. The molecule has 0 saturated carbocycles. The molecule has 1 atom stereocenters. The summed E-state index contributed by atoms with van der Waals surface area (Å²) in [6, 6.07) is 13.4. The first-order chi connectivity index (χ1) is 13.0. The van der Waals surface area contributed by atoms with E-state index in [1.165, 1.54) is 24.4 Å². The molecule has 0 aliphatic rings. The van der Waals surface area contributed by atoms with Crippen LogP contribution in [0.3, 0.4) is 0 Å². The van der Waals surface area contributed by atoms with Crippen LogP contribution in [-0.2, 0) is 11.2 Å². The van der Waals surface area contributed by atoms with Crippen molar-refractivity contribution in [2.45, 2.75) is 12.5 Å². The highest BCUT2D eigenvalue weighted by Gasteiger charge is 2.25. The zero-order valence-corrected chi connectivity index (χ0v) is 14.0. The van der Waals surface area contributed by atoms with Crippen molar-refractivity contribution in [3.8, 4) is 0 Å². The lowest BCUT2D eigenvalue weighted by atomic mass is 10.0. The molecule has 8 nitrogen and oxygen atoms in total. The largest absolute Gasteiger partial charge is 0.480 e. The number of hydrogen-bond donors (Lipinski definition) is 2. The third-order valence-electron chi connectivity index (χ3n) is 4.07. The summed E-state index contributed by atoms with van der Waals surface area (Å²) >= 11 is 0. The molecule has 0 bridgehead atoms. The maximum absolute atomic E-state index is 12.5. The molecule has 1 amide bonds. The maximum Gasteiger partial charge on any atom is 0.326 e. The van der Waals surface area contributed by atoms with Gasteiger partial charge in [0.05, 0.1) is 16.0 Å². The zero-order chi connectivity index (χ0) is 19.4. The Morgan fingerprint density at radius 1 is 1.15 bits per heavy atom. The summed E-state index contributed by atoms with van der Waals surface area (Å²) in [7, 11) is 0. The van der Waals surface area contributed by atoms with E-state index in [0.29, 0.717) is 5.52 Å². The molecule has 0 spiro atoms. The van der Waals surface area contributed by atoms with Gasteiger partial charge in [-0.2, -0.15) is 0 Å². The summed E-state index contributed by atoms with van der Waals surface area (Å²) < 4.78 is 0. The molecular weight excluding hydrogens is 350 g/mol. The summed E-state index contributed by atoms with van der Waals surface area (Å²) in [4.78, 5) is 38.7. The Balaban J connectivity index is 1.82. The number of hydrogen-bond acceptors (Lipinski definition) is 5. The minimum absolute atomic E-state index is 0.189. The van der Waals surface area contributed by atoms with Gasteiger partial charge in [-0.05, 0) is 12.1 Å². The molecule has 0 radical (unpaired) electrons. The second-order valence-electron chi connectivity index (χ2n) is 5.87. The Morgan fingerprint density at radius 3 is 2.59 bits per heavy atom. The van der Waals surface area contributed by atoms with E-state index in [-0.39, 0.29) is 23.2 Å². The second-order valence-corrected chi connectivity index (χ2v) is 5.87. The van der Waals surface area contributed by atoms with Crippen LogP contribution in [0.1, 0.15) is 15.9 Å². The molecule has 3 rings (SSSR count). The Bertz CT molecular complexity index is 1030. The number of nitro groups is 1. The minimum atomic E-state index is -1.31. The van der Waals surface area contributed by atoms with Crippen molar-refractivity contribution in [2.75, 3.05) is 0 Å². The lowest BCUT2D eigenvalue weighted by Gasteiger charge is -2.15. The summed E-state index contributed by atoms with van der Waals surface area (Å²) in [6.45, 7) is 0. The van der Waals surface area contributed by atoms with Crippen LogP contribution in [0.2, 0.25) is 0 Å². The van der Waals surface area contributed by atoms with E-state index < -0.39 is 22.8 Å². The average Bonchev–Trinajstić information content (AvgIpc) is 2.67. The Hall–Kier alpha value is -3.81. The third-order valence-corrected chi connectivity index (χ3v) is 4.07. The van der Waals surface area contributed by atoms with Crippen LogP contribution in [0.25, 0.3) is 10.9 Å². The van der Waals surface area contributed by atoms with E-state index in [1.54, 1.807) is 30.3 Å². The van der Waals surface area contributed by atoms with Gasteiger partial charge in [0.25, 0.3) is 11.6 Å². The third kappa shape index (κ3) is 4.06. The topological polar surface area (TPSA) is 122 Å². The number of fused-ring (bicyclic) bond motifs is 1. The van der Waals surface area contributed by atoms with Gasteiger partial charge in [-0.1, -0.05) is 36.4 Å². The number of rotatable bonds is 6. The fraction of sp³-hybridized carbons (Fsp3) is 0.105. The number of nitrogens with zero attached hydrogens (tertiary/aromatic N) is 2. The summed E-state index contributed by atoms with van der Waals surface area (Å²) in [5.41, 5.74) is 0.962. The molecule has 0 aliphatic heterocycles. The molecule has 3 aromatic rings. The van der Waals surface area contributed by atoms with Crippen molar-refractivity contribution in [3.05, 3.63) is 82.0 Å². The fourth-order valence-electron chi connectivity index (χ4n) is 2.72. The quantitative estimate of drug-likeness (QED) is 0.511. The number of aliphatic carboxylic acids is 1. The van der Waals surface area contributed by atoms with Gasteiger partial charge < -0.3 is 10.4 Å². The number of nitrogens with one attached hydrogen (secondary N) is 1. The maximum atomic E-state index is 12.5. The number of carbonyl (C=O) groups excluding carboxylic acids is 1. The van der Waals surface area contributed by atoms with Crippen molar-refractivity contribution >= 4 is 28.5 Å². The van der Waals surface area contributed by atoms with Crippen LogP contribution in [0.5, 0.6) is 0 Å². The van der Waals surface area contributed by atoms with Crippen LogP contribution < -0.4 is 5.32 Å². The molecule has 8 heteroatoms. The van der Waals surface area contributed by atoms with Gasteiger partial charge in [-0.25, -0.2) is 4.79 Å². The predicted octanol–water partition coefficient (Wildman–Crippen LogP) is 2.57. The highest BCUT2D eigenvalue weighted by molar-refractivity contribution is 5.99. The molecule has 1 heterocycles. The van der Waals surface area contributed by atoms with Gasteiger partial charge in [-0.15, -0.1) is 0 Å². The Kier molecular flexibility index (Phi) is 5.07. The Labute approximate surface area is 153 Å². The van der Waals surface area contributed by atoms with Gasteiger partial charge in [0, 0.05) is 29.6 Å². The number of carboxylic acids is 1. The van der Waals surface area contributed by atoms with E-state index >= 15 is 0 Å². The summed E-state index contributed by atoms with van der Waals surface area (Å²) in [5, 5.41) is 23.7. The zero-order valence-electron chi connectivity index (χ0n) is 14.0. The lowest BCUT2D eigenvalue weighted by molar-refractivity contribution is -0.385. The van der Waals surface area contributed by atoms with Gasteiger partial charge in [0.1, 0.15) is 6.04 Å². The highest BCUT2D eigenvalue weighted by atomic mass is 16.6. The molecule has 0 saturated heterocycles. The number of carbonyl (C=O) groups is 2. The van der Waals surface area contributed by atoms with E-state index in [0.717, 1.165) is 5.39 Å². The van der Waals surface area contributed by atoms with Crippen molar-refractivity contribution in [3.63, 3.8) is 0 Å². The number of aromatic nitrogens is 1. The minimum Gasteiger partial charge on any atom is -0.480 e. The average molecular weight is 365 g/mol. The van der Waals surface area contributed by atoms with E-state index in [9.17, 15) is 24.8 Å². The molecule has 0 fully saturated rings. The van der Waals surface area contributed by atoms with Crippen molar-refractivity contribution < 1.29 is 19.6 Å². The van der Waals surface area contributed by atoms with E-state index in [2.05, 4.69) is 10.3 Å². The number of carboxylic acid groups (broad SMARTS) is 1. The number of pyridine rings is 1. The van der Waals surface area contributed by atoms with Crippen molar-refractivity contribution in [2.24, 2.45) is 0 Å². The molecule has 136 valence electrons. The van der Waals surface area contributed by atoms with Crippen LogP contribution in [0.15, 0.2) is 60.8 Å². The van der Waals surface area contributed by atoms with E-state index in [4.69, 9.17) is 0 Å². The van der Waals surface area contributed by atoms with Crippen LogP contribution in [0.4, 0.5) is 5.69 Å². The first kappa shape index (κ1) is 18.0. The van der Waals surface area contributed by atoms with Crippen LogP contribution >= 0.6 is 0 Å². The second kappa shape index (κ2) is 7.61. The van der Waals surface area contributed by atoms with Crippen LogP contribution in [0, 0.1) is 10.1 Å². The van der Waals surface area contributed by atoms with Gasteiger partial charge in [0.15, 0.2) is 0 Å². The molecule has 2 N–H and O–H groups in total. The number of nitro benzene ring substituents is 1. The van der Waals surface area contributed by atoms with Gasteiger partial charge >= 0.3 is 5.97 Å². The molecule has 27 heavy (non-hydrogen) atoms. The lowest BCUT2D eigenvalue weighted by Crippen LogP contribution is -2.42. The molecule has 0 unspecified atom stereocenters. The predicted molar refractivity (Wildman–Crippen MR) is 97.4 cm³/mol. The van der Waals surface area contributed by atoms with Crippen LogP contribution in [-0.4, -0.2) is 32.9 Å². The number of benzene rings is 2. The fourth-order valence-corrected chi connectivity index (χ4v) is 2.72.